The summed E-state index contributed by atoms with van der Waals surface area (Å²) in [5.41, 5.74) is 2.28. The molecule has 1 fully saturated rings. The lowest BCUT2D eigenvalue weighted by Crippen LogP contribution is -2.45. The second-order valence-electron chi connectivity index (χ2n) is 5.22. The zero-order chi connectivity index (χ0) is 14.8. The van der Waals surface area contributed by atoms with Gasteiger partial charge >= 0.3 is 6.03 Å². The molecule has 7 heteroatoms. The summed E-state index contributed by atoms with van der Waals surface area (Å²) in [7, 11) is -3.00. The number of thiophene rings is 1. The maximum atomic E-state index is 12.2. The van der Waals surface area contributed by atoms with Crippen molar-refractivity contribution in [3.8, 4) is 0 Å². The highest BCUT2D eigenvalue weighted by atomic mass is 32.2. The van der Waals surface area contributed by atoms with Gasteiger partial charge in [0.2, 0.25) is 0 Å². The summed E-state index contributed by atoms with van der Waals surface area (Å²) < 4.78 is 23.2. The SMILES string of the molecule is Cc1cscc1CNC(=O)N1CCS(=O)(=O)CCC1C. The molecule has 1 N–H and O–H groups in total. The Balaban J connectivity index is 1.96. The number of carbonyl (C=O) groups excluding carboxylic acids is 1. The Bertz CT molecular complexity index is 580. The number of amides is 2. The number of hydrogen-bond donors (Lipinski definition) is 1. The molecule has 0 aromatic carbocycles. The summed E-state index contributed by atoms with van der Waals surface area (Å²) in [6.45, 7) is 4.68. The first-order chi connectivity index (χ1) is 9.39. The Morgan fingerprint density at radius 1 is 1.45 bits per heavy atom. The number of sulfone groups is 1. The lowest BCUT2D eigenvalue weighted by molar-refractivity contribution is 0.182. The minimum absolute atomic E-state index is 0.0455. The van der Waals surface area contributed by atoms with Gasteiger partial charge in [0.15, 0.2) is 9.84 Å². The van der Waals surface area contributed by atoms with E-state index in [0.29, 0.717) is 13.0 Å². The topological polar surface area (TPSA) is 66.5 Å². The third-order valence-corrected chi connectivity index (χ3v) is 6.25. The Labute approximate surface area is 123 Å². The molecule has 112 valence electrons. The third kappa shape index (κ3) is 3.73. The molecule has 0 radical (unpaired) electrons. The van der Waals surface area contributed by atoms with Gasteiger partial charge in [-0.1, -0.05) is 0 Å². The first-order valence-corrected chi connectivity index (χ1v) is 9.42. The van der Waals surface area contributed by atoms with Gasteiger partial charge in [-0.05, 0) is 42.2 Å². The molecule has 0 aliphatic carbocycles. The van der Waals surface area contributed by atoms with Crippen LogP contribution in [0.15, 0.2) is 10.8 Å². The van der Waals surface area contributed by atoms with Crippen LogP contribution >= 0.6 is 11.3 Å². The van der Waals surface area contributed by atoms with E-state index in [-0.39, 0.29) is 30.1 Å². The molecule has 2 rings (SSSR count). The lowest BCUT2D eigenvalue weighted by Gasteiger charge is -2.26. The third-order valence-electron chi connectivity index (χ3n) is 3.67. The molecule has 1 aromatic heterocycles. The molecule has 2 heterocycles. The van der Waals surface area contributed by atoms with Gasteiger partial charge in [-0.25, -0.2) is 13.2 Å². The van der Waals surface area contributed by atoms with Gasteiger partial charge in [0.05, 0.1) is 11.5 Å². The molecule has 1 atom stereocenters. The predicted octanol–water partition coefficient (Wildman–Crippen LogP) is 1.78. The van der Waals surface area contributed by atoms with Crippen LogP contribution in [0.4, 0.5) is 4.79 Å². The van der Waals surface area contributed by atoms with Gasteiger partial charge in [0.1, 0.15) is 0 Å². The fourth-order valence-corrected chi connectivity index (χ4v) is 4.44. The van der Waals surface area contributed by atoms with Crippen LogP contribution in [0.5, 0.6) is 0 Å². The van der Waals surface area contributed by atoms with Crippen LogP contribution < -0.4 is 5.32 Å². The minimum Gasteiger partial charge on any atom is -0.334 e. The summed E-state index contributed by atoms with van der Waals surface area (Å²) >= 11 is 1.61. The van der Waals surface area contributed by atoms with Gasteiger partial charge < -0.3 is 10.2 Å². The van der Waals surface area contributed by atoms with E-state index in [4.69, 9.17) is 0 Å². The van der Waals surface area contributed by atoms with Crippen molar-refractivity contribution in [3.05, 3.63) is 21.9 Å². The Morgan fingerprint density at radius 3 is 2.85 bits per heavy atom. The molecule has 1 saturated heterocycles. The van der Waals surface area contributed by atoms with Crippen LogP contribution in [-0.2, 0) is 16.4 Å². The molecule has 20 heavy (non-hydrogen) atoms. The van der Waals surface area contributed by atoms with Gasteiger partial charge in [-0.3, -0.25) is 0 Å². The summed E-state index contributed by atoms with van der Waals surface area (Å²) in [4.78, 5) is 13.8. The van der Waals surface area contributed by atoms with Gasteiger partial charge in [-0.15, -0.1) is 0 Å². The van der Waals surface area contributed by atoms with Crippen molar-refractivity contribution in [3.63, 3.8) is 0 Å². The Morgan fingerprint density at radius 2 is 2.20 bits per heavy atom. The van der Waals surface area contributed by atoms with Crippen molar-refractivity contribution in [2.45, 2.75) is 32.9 Å². The van der Waals surface area contributed by atoms with Crippen LogP contribution in [0.1, 0.15) is 24.5 Å². The molecular formula is C13H20N2O3S2. The number of nitrogens with zero attached hydrogens (tertiary/aromatic N) is 1. The average Bonchev–Trinajstić information content (AvgIpc) is 2.73. The van der Waals surface area contributed by atoms with E-state index in [2.05, 4.69) is 5.32 Å². The highest BCUT2D eigenvalue weighted by molar-refractivity contribution is 7.91. The zero-order valence-electron chi connectivity index (χ0n) is 11.8. The monoisotopic (exact) mass is 316 g/mol. The summed E-state index contributed by atoms with van der Waals surface area (Å²) in [6, 6.07) is -0.226. The number of rotatable bonds is 2. The first kappa shape index (κ1) is 15.3. The number of hydrogen-bond acceptors (Lipinski definition) is 4. The molecule has 0 saturated carbocycles. The Kier molecular flexibility index (Phi) is 4.70. The molecule has 0 bridgehead atoms. The van der Waals surface area contributed by atoms with Gasteiger partial charge in [0, 0.05) is 19.1 Å². The van der Waals surface area contributed by atoms with E-state index >= 15 is 0 Å². The van der Waals surface area contributed by atoms with E-state index in [1.54, 1.807) is 16.2 Å². The fraction of sp³-hybridized carbons (Fsp3) is 0.615. The summed E-state index contributed by atoms with van der Waals surface area (Å²) in [5.74, 6) is 0.226. The normalized spacial score (nSPS) is 22.3. The van der Waals surface area contributed by atoms with Crippen molar-refractivity contribution in [1.29, 1.82) is 0 Å². The van der Waals surface area contributed by atoms with Crippen molar-refractivity contribution in [2.75, 3.05) is 18.1 Å². The van der Waals surface area contributed by atoms with E-state index in [0.717, 1.165) is 5.56 Å². The molecular weight excluding hydrogens is 296 g/mol. The lowest BCUT2D eigenvalue weighted by atomic mass is 10.2. The number of urea groups is 1. The van der Waals surface area contributed by atoms with Crippen LogP contribution in [-0.4, -0.2) is 43.4 Å². The molecule has 1 aromatic rings. The van der Waals surface area contributed by atoms with Crippen LogP contribution in [0.3, 0.4) is 0 Å². The molecule has 2 amide bonds. The molecule has 1 unspecified atom stereocenters. The minimum atomic E-state index is -3.00. The van der Waals surface area contributed by atoms with Gasteiger partial charge in [0.25, 0.3) is 0 Å². The van der Waals surface area contributed by atoms with Crippen molar-refractivity contribution in [1.82, 2.24) is 10.2 Å². The number of carbonyl (C=O) groups is 1. The van der Waals surface area contributed by atoms with Crippen LogP contribution in [0.25, 0.3) is 0 Å². The second kappa shape index (κ2) is 6.13. The standard InChI is InChI=1S/C13H20N2O3S2/c1-10-8-19-9-12(10)7-14-13(16)15-4-6-20(17,18)5-3-11(15)2/h8-9,11H,3-7H2,1-2H3,(H,14,16). The van der Waals surface area contributed by atoms with Gasteiger partial charge in [-0.2, -0.15) is 11.3 Å². The first-order valence-electron chi connectivity index (χ1n) is 6.65. The molecule has 0 spiro atoms. The van der Waals surface area contributed by atoms with E-state index < -0.39 is 9.84 Å². The quantitative estimate of drug-likeness (QED) is 0.904. The van der Waals surface area contributed by atoms with Crippen molar-refractivity contribution >= 4 is 27.2 Å². The van der Waals surface area contributed by atoms with Crippen molar-refractivity contribution < 1.29 is 13.2 Å². The molecule has 5 nitrogen and oxygen atoms in total. The highest BCUT2D eigenvalue weighted by Crippen LogP contribution is 2.15. The Hall–Kier alpha value is -1.08. The van der Waals surface area contributed by atoms with Crippen LogP contribution in [0.2, 0.25) is 0 Å². The molecule has 1 aliphatic heterocycles. The highest BCUT2D eigenvalue weighted by Gasteiger charge is 2.27. The largest absolute Gasteiger partial charge is 0.334 e. The fourth-order valence-electron chi connectivity index (χ4n) is 2.21. The zero-order valence-corrected chi connectivity index (χ0v) is 13.4. The van der Waals surface area contributed by atoms with Crippen LogP contribution in [0, 0.1) is 6.92 Å². The smallest absolute Gasteiger partial charge is 0.317 e. The van der Waals surface area contributed by atoms with Crippen molar-refractivity contribution in [2.24, 2.45) is 0 Å². The van der Waals surface area contributed by atoms with E-state index in [1.165, 1.54) is 5.56 Å². The van der Waals surface area contributed by atoms with E-state index in [9.17, 15) is 13.2 Å². The maximum Gasteiger partial charge on any atom is 0.317 e. The predicted molar refractivity (Wildman–Crippen MR) is 80.7 cm³/mol. The number of aryl methyl sites for hydroxylation is 1. The number of nitrogens with one attached hydrogen (secondary N) is 1. The van der Waals surface area contributed by atoms with E-state index in [1.807, 2.05) is 24.6 Å². The molecule has 1 aliphatic rings. The average molecular weight is 316 g/mol. The maximum absolute atomic E-state index is 12.2. The summed E-state index contributed by atoms with van der Waals surface area (Å²) in [6.07, 6.45) is 0.507. The second-order valence-corrected chi connectivity index (χ2v) is 8.27. The summed E-state index contributed by atoms with van der Waals surface area (Å²) in [5, 5.41) is 6.94.